The summed E-state index contributed by atoms with van der Waals surface area (Å²) in [5.41, 5.74) is 5.97. The molecule has 4 atom stereocenters. The van der Waals surface area contributed by atoms with Gasteiger partial charge in [0.25, 0.3) is 0 Å². The minimum absolute atomic E-state index is 0.0304. The fourth-order valence-electron chi connectivity index (χ4n) is 3.14. The van der Waals surface area contributed by atoms with Crippen LogP contribution in [0.1, 0.15) is 23.0 Å². The van der Waals surface area contributed by atoms with Crippen LogP contribution in [-0.2, 0) is 4.74 Å². The summed E-state index contributed by atoms with van der Waals surface area (Å²) in [7, 11) is 0. The number of benzene rings is 1. The molecule has 1 aromatic carbocycles. The number of imidazole rings is 1. The van der Waals surface area contributed by atoms with E-state index in [-0.39, 0.29) is 23.4 Å². The van der Waals surface area contributed by atoms with Gasteiger partial charge in [0.2, 0.25) is 0 Å². The first-order chi connectivity index (χ1) is 13.0. The van der Waals surface area contributed by atoms with E-state index in [0.717, 1.165) is 0 Å². The number of aromatic nitrogens is 4. The lowest BCUT2D eigenvalue weighted by atomic mass is 10.0. The zero-order valence-corrected chi connectivity index (χ0v) is 13.9. The molecule has 27 heavy (non-hydrogen) atoms. The van der Waals surface area contributed by atoms with Gasteiger partial charge in [0, 0.05) is 12.0 Å². The van der Waals surface area contributed by atoms with E-state index < -0.39 is 36.5 Å². The maximum Gasteiger partial charge on any atom is 0.312 e. The van der Waals surface area contributed by atoms with Crippen LogP contribution in [0.25, 0.3) is 11.2 Å². The Morgan fingerprint density at radius 3 is 2.81 bits per heavy atom. The molecule has 1 aliphatic heterocycles. The van der Waals surface area contributed by atoms with Crippen molar-refractivity contribution in [3.8, 4) is 0 Å². The van der Waals surface area contributed by atoms with Gasteiger partial charge in [-0.1, -0.05) is 30.3 Å². The van der Waals surface area contributed by atoms with Crippen LogP contribution in [0.4, 0.5) is 14.6 Å². The van der Waals surface area contributed by atoms with E-state index in [1.54, 1.807) is 30.3 Å². The molecule has 0 bridgehead atoms. The summed E-state index contributed by atoms with van der Waals surface area (Å²) < 4.78 is 34.8. The van der Waals surface area contributed by atoms with Crippen molar-refractivity contribution in [2.45, 2.75) is 31.0 Å². The number of fused-ring (bicyclic) bond motifs is 1. The number of rotatable bonds is 4. The zero-order chi connectivity index (χ0) is 19.1. The number of Topliss-reactive ketones (excluding diaryl/α,β-unsaturated/α-hetero) is 1. The predicted molar refractivity (Wildman–Crippen MR) is 89.9 cm³/mol. The minimum Gasteiger partial charge on any atom is -0.382 e. The van der Waals surface area contributed by atoms with Gasteiger partial charge >= 0.3 is 6.08 Å². The minimum atomic E-state index is -1.56. The Bertz CT molecular complexity index is 997. The second-order valence-corrected chi connectivity index (χ2v) is 6.19. The molecule has 3 N–H and O–H groups in total. The van der Waals surface area contributed by atoms with Gasteiger partial charge in [0.05, 0.1) is 12.4 Å². The van der Waals surface area contributed by atoms with E-state index in [9.17, 15) is 18.7 Å². The molecular weight excluding hydrogens is 360 g/mol. The number of nitrogens with two attached hydrogens (primary N) is 1. The number of hydrogen-bond acceptors (Lipinski definition) is 7. The number of nitrogen functional groups attached to an aromatic ring is 1. The molecule has 0 radical (unpaired) electrons. The monoisotopic (exact) mass is 375 g/mol. The third kappa shape index (κ3) is 3.02. The normalized spacial score (nSPS) is 23.6. The number of alkyl halides is 1. The lowest BCUT2D eigenvalue weighted by Crippen LogP contribution is -2.34. The molecule has 3 aromatic rings. The molecule has 0 saturated carbocycles. The van der Waals surface area contributed by atoms with Crippen molar-refractivity contribution in [2.24, 2.45) is 0 Å². The highest BCUT2D eigenvalue weighted by Crippen LogP contribution is 2.35. The highest BCUT2D eigenvalue weighted by molar-refractivity contribution is 5.99. The van der Waals surface area contributed by atoms with Crippen LogP contribution in [0.5, 0.6) is 0 Å². The number of ether oxygens (including phenoxy) is 1. The van der Waals surface area contributed by atoms with Gasteiger partial charge in [-0.15, -0.1) is 0 Å². The highest BCUT2D eigenvalue weighted by Gasteiger charge is 2.43. The molecule has 1 fully saturated rings. The van der Waals surface area contributed by atoms with E-state index >= 15 is 0 Å². The second-order valence-electron chi connectivity index (χ2n) is 6.19. The number of carbonyl (C=O) groups excluding carboxylic acids is 1. The zero-order valence-electron chi connectivity index (χ0n) is 13.9. The van der Waals surface area contributed by atoms with Crippen LogP contribution >= 0.6 is 0 Å². The molecule has 1 saturated heterocycles. The molecule has 2 aromatic heterocycles. The number of hydrogen-bond donors (Lipinski definition) is 2. The first-order valence-corrected chi connectivity index (χ1v) is 8.18. The lowest BCUT2D eigenvalue weighted by Gasteiger charge is -2.19. The molecule has 0 spiro atoms. The highest BCUT2D eigenvalue weighted by atomic mass is 19.1. The predicted octanol–water partition coefficient (Wildman–Crippen LogP) is 1.42. The summed E-state index contributed by atoms with van der Waals surface area (Å²) in [4.78, 5) is 23.3. The van der Waals surface area contributed by atoms with Gasteiger partial charge in [-0.05, 0) is 0 Å². The summed E-state index contributed by atoms with van der Waals surface area (Å²) >= 11 is 0. The lowest BCUT2D eigenvalue weighted by molar-refractivity contribution is -0.0566. The van der Waals surface area contributed by atoms with E-state index in [0.29, 0.717) is 5.56 Å². The van der Waals surface area contributed by atoms with Gasteiger partial charge < -0.3 is 15.6 Å². The average Bonchev–Trinajstić information content (AvgIpc) is 3.24. The van der Waals surface area contributed by atoms with Crippen molar-refractivity contribution in [1.82, 2.24) is 19.5 Å². The van der Waals surface area contributed by atoms with Crippen LogP contribution in [0.3, 0.4) is 0 Å². The van der Waals surface area contributed by atoms with E-state index in [1.165, 1.54) is 10.9 Å². The summed E-state index contributed by atoms with van der Waals surface area (Å²) in [5, 5.41) is 10.3. The molecule has 0 amide bonds. The first-order valence-electron chi connectivity index (χ1n) is 8.18. The maximum atomic E-state index is 14.6. The van der Waals surface area contributed by atoms with Crippen molar-refractivity contribution in [2.75, 3.05) is 5.73 Å². The standard InChI is InChI=1S/C17H15F2N5O3/c18-9-6-10(13(26)12(25)8-4-2-1-3-5-8)27-16(9)24-7-21-11-14(20)22-17(19)23-15(11)24/h1-5,7,9-10,13,16,26H,6H2,(H2,20,22,23)/t9-,10+,13?,16-/m1/s1. The third-order valence-electron chi connectivity index (χ3n) is 4.46. The molecule has 10 heteroatoms. The number of aliphatic hydroxyl groups is 1. The molecule has 0 aliphatic carbocycles. The van der Waals surface area contributed by atoms with Gasteiger partial charge in [-0.2, -0.15) is 14.4 Å². The fourth-order valence-corrected chi connectivity index (χ4v) is 3.14. The van der Waals surface area contributed by atoms with Crippen LogP contribution in [0.2, 0.25) is 0 Å². The van der Waals surface area contributed by atoms with Crippen LogP contribution in [-0.4, -0.2) is 48.8 Å². The van der Waals surface area contributed by atoms with Crippen LogP contribution in [0.15, 0.2) is 36.7 Å². The molecule has 1 aliphatic rings. The van der Waals surface area contributed by atoms with Gasteiger partial charge in [-0.25, -0.2) is 9.37 Å². The van der Waals surface area contributed by atoms with Crippen LogP contribution < -0.4 is 5.73 Å². The average molecular weight is 375 g/mol. The Balaban J connectivity index is 1.60. The molecule has 4 rings (SSSR count). The van der Waals surface area contributed by atoms with Crippen molar-refractivity contribution < 1.29 is 23.4 Å². The van der Waals surface area contributed by atoms with Crippen molar-refractivity contribution >= 4 is 22.8 Å². The van der Waals surface area contributed by atoms with E-state index in [2.05, 4.69) is 15.0 Å². The molecule has 8 nitrogen and oxygen atoms in total. The Kier molecular flexibility index (Phi) is 4.28. The number of anilines is 1. The smallest absolute Gasteiger partial charge is 0.312 e. The SMILES string of the molecule is Nc1nc(F)nc2c1ncn2[C@@H]1O[C@H](C(O)C(=O)c2ccccc2)C[C@H]1F. The van der Waals surface area contributed by atoms with Crippen molar-refractivity contribution in [1.29, 1.82) is 0 Å². The van der Waals surface area contributed by atoms with Crippen molar-refractivity contribution in [3.63, 3.8) is 0 Å². The van der Waals surface area contributed by atoms with E-state index in [1.807, 2.05) is 0 Å². The summed E-state index contributed by atoms with van der Waals surface area (Å²) in [6.07, 6.45) is -5.49. The molecule has 3 heterocycles. The van der Waals surface area contributed by atoms with Crippen LogP contribution in [0, 0.1) is 6.08 Å². The maximum absolute atomic E-state index is 14.6. The summed E-state index contributed by atoms with van der Waals surface area (Å²) in [5.74, 6) is -0.748. The quantitative estimate of drug-likeness (QED) is 0.523. The first kappa shape index (κ1) is 17.4. The largest absolute Gasteiger partial charge is 0.382 e. The number of carbonyl (C=O) groups is 1. The van der Waals surface area contributed by atoms with Crippen molar-refractivity contribution in [3.05, 3.63) is 48.3 Å². The van der Waals surface area contributed by atoms with Gasteiger partial charge in [0.1, 0.15) is 12.3 Å². The number of halogens is 2. The summed E-state index contributed by atoms with van der Waals surface area (Å²) in [6, 6.07) is 8.16. The third-order valence-corrected chi connectivity index (χ3v) is 4.46. The van der Waals surface area contributed by atoms with Gasteiger partial charge in [0.15, 0.2) is 29.0 Å². The topological polar surface area (TPSA) is 116 Å². The Morgan fingerprint density at radius 1 is 1.33 bits per heavy atom. The Labute approximate surface area is 151 Å². The fraction of sp³-hybridized carbons (Fsp3) is 0.294. The van der Waals surface area contributed by atoms with Gasteiger partial charge in [-0.3, -0.25) is 9.36 Å². The number of ketones is 1. The molecule has 140 valence electrons. The Morgan fingerprint density at radius 2 is 2.07 bits per heavy atom. The second kappa shape index (κ2) is 6.63. The molecule has 1 unspecified atom stereocenters. The summed E-state index contributed by atoms with van der Waals surface area (Å²) in [6.45, 7) is 0. The number of nitrogens with zero attached hydrogens (tertiary/aromatic N) is 4. The molecular formula is C17H15F2N5O3. The Hall–Kier alpha value is -2.98. The number of aliphatic hydroxyl groups excluding tert-OH is 1. The van der Waals surface area contributed by atoms with E-state index in [4.69, 9.17) is 10.5 Å².